The normalized spacial score (nSPS) is 11.9. The van der Waals surface area contributed by atoms with Crippen LogP contribution < -0.4 is 10.0 Å². The fraction of sp³-hybridized carbons (Fsp3) is 0.0769. The summed E-state index contributed by atoms with van der Waals surface area (Å²) < 4.78 is 32.6. The molecule has 4 rings (SSSR count). The van der Waals surface area contributed by atoms with Gasteiger partial charge in [0.1, 0.15) is 4.21 Å². The molecule has 9 heteroatoms. The van der Waals surface area contributed by atoms with Crippen LogP contribution in [0, 0.1) is 0 Å². The highest BCUT2D eigenvalue weighted by atomic mass is 32.2. The zero-order chi connectivity index (χ0) is 24.8. The molecule has 0 spiro atoms. The van der Waals surface area contributed by atoms with E-state index in [0.29, 0.717) is 11.4 Å². The minimum Gasteiger partial charge on any atom is -0.449 e. The third-order valence-electron chi connectivity index (χ3n) is 5.06. The highest BCUT2D eigenvalue weighted by Gasteiger charge is 2.21. The van der Waals surface area contributed by atoms with E-state index in [0.717, 1.165) is 22.5 Å². The Morgan fingerprint density at radius 3 is 2.23 bits per heavy atom. The van der Waals surface area contributed by atoms with E-state index in [2.05, 4.69) is 10.0 Å². The van der Waals surface area contributed by atoms with Gasteiger partial charge in [-0.3, -0.25) is 9.52 Å². The van der Waals surface area contributed by atoms with Crippen LogP contribution in [0.4, 0.5) is 11.4 Å². The number of benzene rings is 3. The van der Waals surface area contributed by atoms with E-state index < -0.39 is 28.0 Å². The summed E-state index contributed by atoms with van der Waals surface area (Å²) in [6.07, 6.45) is -1.05. The molecule has 2 N–H and O–H groups in total. The van der Waals surface area contributed by atoms with Gasteiger partial charge < -0.3 is 10.1 Å². The van der Waals surface area contributed by atoms with E-state index in [-0.39, 0.29) is 9.77 Å². The van der Waals surface area contributed by atoms with Crippen molar-refractivity contribution >= 4 is 44.6 Å². The SMILES string of the molecule is C[C@H](OC(=O)c1ccc(NS(=O)(=O)c2cccs2)cc1)C(=O)Nc1ccccc1-c1ccccc1. The molecule has 3 aromatic carbocycles. The monoisotopic (exact) mass is 506 g/mol. The molecule has 35 heavy (non-hydrogen) atoms. The maximum absolute atomic E-state index is 12.7. The van der Waals surface area contributed by atoms with Gasteiger partial charge in [-0.1, -0.05) is 54.6 Å². The van der Waals surface area contributed by atoms with Gasteiger partial charge in [0.15, 0.2) is 6.10 Å². The predicted octanol–water partition coefficient (Wildman–Crippen LogP) is 5.40. The number of carbonyl (C=O) groups is 2. The van der Waals surface area contributed by atoms with Crippen LogP contribution in [-0.2, 0) is 19.6 Å². The summed E-state index contributed by atoms with van der Waals surface area (Å²) in [5.41, 5.74) is 2.89. The van der Waals surface area contributed by atoms with Crippen LogP contribution in [-0.4, -0.2) is 26.4 Å². The third kappa shape index (κ3) is 5.95. The van der Waals surface area contributed by atoms with Crippen LogP contribution in [0.15, 0.2) is 101 Å². The third-order valence-corrected chi connectivity index (χ3v) is 7.83. The number of para-hydroxylation sites is 1. The number of thiophene rings is 1. The van der Waals surface area contributed by atoms with Crippen LogP contribution in [0.25, 0.3) is 11.1 Å². The molecule has 0 unspecified atom stereocenters. The molecule has 0 saturated carbocycles. The molecule has 1 atom stereocenters. The van der Waals surface area contributed by atoms with Gasteiger partial charge in [0, 0.05) is 16.9 Å². The molecule has 4 aromatic rings. The van der Waals surface area contributed by atoms with Crippen molar-refractivity contribution in [1.29, 1.82) is 0 Å². The second kappa shape index (κ2) is 10.5. The Hall–Kier alpha value is -3.95. The van der Waals surface area contributed by atoms with E-state index >= 15 is 0 Å². The quantitative estimate of drug-likeness (QED) is 0.312. The smallest absolute Gasteiger partial charge is 0.338 e. The summed E-state index contributed by atoms with van der Waals surface area (Å²) >= 11 is 1.10. The number of carbonyl (C=O) groups excluding carboxylic acids is 2. The summed E-state index contributed by atoms with van der Waals surface area (Å²) in [6, 6.07) is 25.9. The number of hydrogen-bond acceptors (Lipinski definition) is 6. The van der Waals surface area contributed by atoms with E-state index in [1.54, 1.807) is 17.5 Å². The zero-order valence-corrected chi connectivity index (χ0v) is 20.3. The van der Waals surface area contributed by atoms with Crippen LogP contribution >= 0.6 is 11.3 Å². The van der Waals surface area contributed by atoms with Crippen LogP contribution in [0.2, 0.25) is 0 Å². The Morgan fingerprint density at radius 2 is 1.54 bits per heavy atom. The van der Waals surface area contributed by atoms with Gasteiger partial charge in [0.25, 0.3) is 15.9 Å². The summed E-state index contributed by atoms with van der Waals surface area (Å²) in [6.45, 7) is 1.49. The van der Waals surface area contributed by atoms with Gasteiger partial charge >= 0.3 is 5.97 Å². The zero-order valence-electron chi connectivity index (χ0n) is 18.7. The van der Waals surface area contributed by atoms with Gasteiger partial charge in [0.05, 0.1) is 5.56 Å². The van der Waals surface area contributed by atoms with Crippen molar-refractivity contribution in [3.05, 3.63) is 102 Å². The second-order valence-electron chi connectivity index (χ2n) is 7.56. The maximum Gasteiger partial charge on any atom is 0.338 e. The van der Waals surface area contributed by atoms with Crippen LogP contribution in [0.3, 0.4) is 0 Å². The second-order valence-corrected chi connectivity index (χ2v) is 10.4. The van der Waals surface area contributed by atoms with Crippen molar-refractivity contribution in [1.82, 2.24) is 0 Å². The van der Waals surface area contributed by atoms with Gasteiger partial charge in [-0.25, -0.2) is 13.2 Å². The molecule has 178 valence electrons. The Labute approximate surface area is 207 Å². The summed E-state index contributed by atoms with van der Waals surface area (Å²) in [7, 11) is -3.69. The largest absolute Gasteiger partial charge is 0.449 e. The van der Waals surface area contributed by atoms with Crippen molar-refractivity contribution in [3.8, 4) is 11.1 Å². The number of anilines is 2. The number of hydrogen-bond donors (Lipinski definition) is 2. The summed E-state index contributed by atoms with van der Waals surface area (Å²) in [4.78, 5) is 25.3. The molecule has 0 aliphatic rings. The van der Waals surface area contributed by atoms with Crippen molar-refractivity contribution in [3.63, 3.8) is 0 Å². The van der Waals surface area contributed by atoms with E-state index in [1.807, 2.05) is 48.5 Å². The molecule has 1 heterocycles. The van der Waals surface area contributed by atoms with Gasteiger partial charge in [-0.05, 0) is 54.3 Å². The van der Waals surface area contributed by atoms with Gasteiger partial charge in [-0.15, -0.1) is 11.3 Å². The molecule has 0 aliphatic heterocycles. The Morgan fingerprint density at radius 1 is 0.857 bits per heavy atom. The van der Waals surface area contributed by atoms with Crippen molar-refractivity contribution in [2.45, 2.75) is 17.2 Å². The lowest BCUT2D eigenvalue weighted by atomic mass is 10.0. The molecule has 0 saturated heterocycles. The highest BCUT2D eigenvalue weighted by Crippen LogP contribution is 2.28. The first-order valence-electron chi connectivity index (χ1n) is 10.7. The predicted molar refractivity (Wildman–Crippen MR) is 137 cm³/mol. The van der Waals surface area contributed by atoms with Crippen LogP contribution in [0.1, 0.15) is 17.3 Å². The molecule has 0 bridgehead atoms. The molecule has 1 amide bonds. The fourth-order valence-corrected chi connectivity index (χ4v) is 5.33. The lowest BCUT2D eigenvalue weighted by Crippen LogP contribution is -2.30. The topological polar surface area (TPSA) is 102 Å². The Kier molecular flexibility index (Phi) is 7.28. The maximum atomic E-state index is 12.7. The first kappa shape index (κ1) is 24.2. The Bertz CT molecular complexity index is 1420. The molecular formula is C26H22N2O5S2. The lowest BCUT2D eigenvalue weighted by Gasteiger charge is -2.16. The van der Waals surface area contributed by atoms with Crippen molar-refractivity contribution < 1.29 is 22.7 Å². The fourth-order valence-electron chi connectivity index (χ4n) is 3.27. The standard InChI is InChI=1S/C26H22N2O5S2/c1-18(25(29)27-23-11-6-5-10-22(23)19-8-3-2-4-9-19)33-26(30)20-13-15-21(16-14-20)28-35(31,32)24-12-7-17-34-24/h2-18,28H,1H3,(H,27,29)/t18-/m0/s1. The molecule has 0 radical (unpaired) electrons. The minimum atomic E-state index is -3.69. The van der Waals surface area contributed by atoms with E-state index in [1.165, 1.54) is 37.3 Å². The molecule has 0 aliphatic carbocycles. The number of rotatable bonds is 8. The molecule has 7 nitrogen and oxygen atoms in total. The van der Waals surface area contributed by atoms with Crippen molar-refractivity contribution in [2.75, 3.05) is 10.0 Å². The number of ether oxygens (including phenoxy) is 1. The minimum absolute atomic E-state index is 0.188. The Balaban J connectivity index is 1.38. The van der Waals surface area contributed by atoms with Gasteiger partial charge in [0.2, 0.25) is 0 Å². The molecular weight excluding hydrogens is 484 g/mol. The van der Waals surface area contributed by atoms with Crippen molar-refractivity contribution in [2.24, 2.45) is 0 Å². The summed E-state index contributed by atoms with van der Waals surface area (Å²) in [5.74, 6) is -1.17. The average Bonchev–Trinajstić information content (AvgIpc) is 3.41. The molecule has 0 fully saturated rings. The number of sulfonamides is 1. The molecule has 1 aromatic heterocycles. The highest BCUT2D eigenvalue weighted by molar-refractivity contribution is 7.94. The first-order chi connectivity index (χ1) is 16.8. The van der Waals surface area contributed by atoms with Crippen LogP contribution in [0.5, 0.6) is 0 Å². The van der Waals surface area contributed by atoms with E-state index in [9.17, 15) is 18.0 Å². The summed E-state index contributed by atoms with van der Waals surface area (Å²) in [5, 5.41) is 4.49. The number of esters is 1. The number of amides is 1. The van der Waals surface area contributed by atoms with Gasteiger partial charge in [-0.2, -0.15) is 0 Å². The average molecular weight is 507 g/mol. The first-order valence-corrected chi connectivity index (χ1v) is 13.0. The van der Waals surface area contributed by atoms with E-state index in [4.69, 9.17) is 4.74 Å². The number of nitrogens with one attached hydrogen (secondary N) is 2. The lowest BCUT2D eigenvalue weighted by molar-refractivity contribution is -0.123.